The van der Waals surface area contributed by atoms with Gasteiger partial charge in [0.15, 0.2) is 0 Å². The molecule has 10 nitrogen and oxygen atoms in total. The van der Waals surface area contributed by atoms with E-state index in [0.717, 1.165) is 5.22 Å². The molecule has 2 aromatic carbocycles. The van der Waals surface area contributed by atoms with Crippen LogP contribution in [-0.4, -0.2) is 65.1 Å². The van der Waals surface area contributed by atoms with Gasteiger partial charge in [-0.1, -0.05) is 12.1 Å². The lowest BCUT2D eigenvalue weighted by Gasteiger charge is -2.25. The Hall–Kier alpha value is -4.29. The van der Waals surface area contributed by atoms with Crippen molar-refractivity contribution >= 4 is 12.2 Å². The van der Waals surface area contributed by atoms with Crippen LogP contribution in [0.25, 0.3) is 23.3 Å². The first-order valence-corrected chi connectivity index (χ1v) is 13.2. The highest BCUT2D eigenvalue weighted by molar-refractivity contribution is 5.64. The van der Waals surface area contributed by atoms with Crippen molar-refractivity contribution in [1.29, 1.82) is 10.5 Å². The largest absolute Gasteiger partial charge is 0.457 e. The molecule has 1 aliphatic heterocycles. The lowest BCUT2D eigenvalue weighted by Crippen LogP contribution is -2.43. The SMILES string of the molecule is N#Cc1ccc(Oc2ccc(-c3cc4c(oc3=O)=CC3OCCOCCOCCOCCOC3C=4)cc2)cc1C#N. The van der Waals surface area contributed by atoms with Gasteiger partial charge in [-0.2, -0.15) is 10.5 Å². The lowest BCUT2D eigenvalue weighted by atomic mass is 10.0. The first-order chi connectivity index (χ1) is 20.1. The third-order valence-corrected chi connectivity index (χ3v) is 6.44. The highest BCUT2D eigenvalue weighted by Gasteiger charge is 2.23. The summed E-state index contributed by atoms with van der Waals surface area (Å²) in [5, 5.41) is 19.1. The molecule has 0 saturated carbocycles. The standard InChI is InChI=1S/C31H28N2O8/c32-19-22-3-6-26(15-24(22)20-33)40-25-4-1-21(2-5-25)27-16-23-17-29-30(18-28(23)41-31(27)34)39-14-12-37-10-8-35-7-9-36-11-13-38-29/h1-6,15-18,29-30H,7-14H2. The molecule has 0 bridgehead atoms. The highest BCUT2D eigenvalue weighted by Crippen LogP contribution is 2.26. The second kappa shape index (κ2) is 13.9. The van der Waals surface area contributed by atoms with Crippen molar-refractivity contribution in [3.05, 3.63) is 80.7 Å². The Kier molecular flexibility index (Phi) is 9.55. The minimum absolute atomic E-state index is 0.233. The summed E-state index contributed by atoms with van der Waals surface area (Å²) in [4.78, 5) is 13.0. The van der Waals surface area contributed by atoms with Crippen molar-refractivity contribution in [1.82, 2.24) is 0 Å². The van der Waals surface area contributed by atoms with Crippen molar-refractivity contribution < 1.29 is 32.8 Å². The van der Waals surface area contributed by atoms with Gasteiger partial charge in [0.05, 0.1) is 69.5 Å². The summed E-state index contributed by atoms with van der Waals surface area (Å²) in [6.07, 6.45) is 2.79. The molecule has 1 saturated heterocycles. The summed E-state index contributed by atoms with van der Waals surface area (Å²) in [5.74, 6) is 0.929. The van der Waals surface area contributed by atoms with E-state index in [0.29, 0.717) is 80.9 Å². The average Bonchev–Trinajstić information content (AvgIpc) is 3.00. The molecule has 1 fully saturated rings. The highest BCUT2D eigenvalue weighted by atomic mass is 16.6. The first kappa shape index (κ1) is 28.2. The number of nitriles is 2. The molecule has 2 atom stereocenters. The predicted octanol–water partition coefficient (Wildman–Crippen LogP) is 2.25. The number of nitrogens with zero attached hydrogens (tertiary/aromatic N) is 2. The number of ether oxygens (including phenoxy) is 6. The molecular formula is C31H28N2O8. The Labute approximate surface area is 236 Å². The Balaban J connectivity index is 1.36. The van der Waals surface area contributed by atoms with E-state index in [2.05, 4.69) is 0 Å². The van der Waals surface area contributed by atoms with E-state index >= 15 is 0 Å². The topological polar surface area (TPSA) is 133 Å². The third kappa shape index (κ3) is 7.27. The van der Waals surface area contributed by atoms with Crippen LogP contribution >= 0.6 is 0 Å². The van der Waals surface area contributed by atoms with Crippen LogP contribution in [0.2, 0.25) is 0 Å². The van der Waals surface area contributed by atoms with Gasteiger partial charge in [0.2, 0.25) is 0 Å². The molecule has 210 valence electrons. The molecule has 41 heavy (non-hydrogen) atoms. The van der Waals surface area contributed by atoms with Gasteiger partial charge >= 0.3 is 5.63 Å². The molecule has 0 spiro atoms. The summed E-state index contributed by atoms with van der Waals surface area (Å²) in [5.41, 5.74) is 1.48. The molecule has 2 unspecified atom stereocenters. The summed E-state index contributed by atoms with van der Waals surface area (Å²) in [6, 6.07) is 17.4. The molecule has 0 N–H and O–H groups in total. The van der Waals surface area contributed by atoms with Gasteiger partial charge in [0, 0.05) is 5.22 Å². The molecule has 2 heterocycles. The fraction of sp³-hybridized carbons (Fsp3) is 0.323. The van der Waals surface area contributed by atoms with Crippen LogP contribution in [0.1, 0.15) is 11.1 Å². The minimum atomic E-state index is -0.485. The second-order valence-corrected chi connectivity index (χ2v) is 9.17. The monoisotopic (exact) mass is 556 g/mol. The molecule has 2 aliphatic rings. The Morgan fingerprint density at radius 1 is 0.683 bits per heavy atom. The lowest BCUT2D eigenvalue weighted by molar-refractivity contribution is -0.0451. The van der Waals surface area contributed by atoms with Gasteiger partial charge in [-0.25, -0.2) is 4.79 Å². The molecular weight excluding hydrogens is 528 g/mol. The molecule has 3 aromatic rings. The van der Waals surface area contributed by atoms with Gasteiger partial charge in [-0.3, -0.25) is 0 Å². The number of rotatable bonds is 3. The third-order valence-electron chi connectivity index (χ3n) is 6.44. The van der Waals surface area contributed by atoms with Gasteiger partial charge < -0.3 is 32.8 Å². The van der Waals surface area contributed by atoms with E-state index in [4.69, 9.17) is 38.1 Å². The molecule has 1 aliphatic carbocycles. The van der Waals surface area contributed by atoms with Crippen molar-refractivity contribution in [2.45, 2.75) is 12.2 Å². The van der Waals surface area contributed by atoms with E-state index in [1.165, 1.54) is 12.1 Å². The number of hydrogen-bond donors (Lipinski definition) is 0. The van der Waals surface area contributed by atoms with Crippen LogP contribution in [0.3, 0.4) is 0 Å². The normalized spacial score (nSPS) is 19.9. The molecule has 0 radical (unpaired) electrons. The smallest absolute Gasteiger partial charge is 0.344 e. The maximum absolute atomic E-state index is 13.0. The Bertz CT molecular complexity index is 1620. The zero-order valence-corrected chi connectivity index (χ0v) is 22.2. The number of hydrogen-bond acceptors (Lipinski definition) is 10. The van der Waals surface area contributed by atoms with Gasteiger partial charge in [0.25, 0.3) is 0 Å². The first-order valence-electron chi connectivity index (χ1n) is 13.2. The van der Waals surface area contributed by atoms with Crippen LogP contribution in [0.15, 0.2) is 57.7 Å². The quantitative estimate of drug-likeness (QED) is 0.473. The summed E-state index contributed by atoms with van der Waals surface area (Å²) >= 11 is 0. The molecule has 10 heteroatoms. The maximum Gasteiger partial charge on any atom is 0.344 e. The van der Waals surface area contributed by atoms with Crippen LogP contribution in [-0.2, 0) is 23.7 Å². The Morgan fingerprint density at radius 2 is 1.27 bits per heavy atom. The predicted molar refractivity (Wildman–Crippen MR) is 146 cm³/mol. The van der Waals surface area contributed by atoms with E-state index in [1.807, 2.05) is 18.2 Å². The second-order valence-electron chi connectivity index (χ2n) is 9.17. The summed E-state index contributed by atoms with van der Waals surface area (Å²) in [6.45, 7) is 3.44. The zero-order valence-electron chi connectivity index (χ0n) is 22.2. The zero-order chi connectivity index (χ0) is 28.4. The summed E-state index contributed by atoms with van der Waals surface area (Å²) in [7, 11) is 0. The van der Waals surface area contributed by atoms with Crippen LogP contribution in [0.5, 0.6) is 11.5 Å². The molecule has 0 amide bonds. The fourth-order valence-electron chi connectivity index (χ4n) is 4.41. The molecule has 5 rings (SSSR count). The van der Waals surface area contributed by atoms with Crippen molar-refractivity contribution in [3.63, 3.8) is 0 Å². The van der Waals surface area contributed by atoms with Crippen molar-refractivity contribution in [2.24, 2.45) is 0 Å². The summed E-state index contributed by atoms with van der Waals surface area (Å²) < 4.78 is 40.1. The van der Waals surface area contributed by atoms with E-state index in [1.54, 1.807) is 42.5 Å². The van der Waals surface area contributed by atoms with Gasteiger partial charge in [0.1, 0.15) is 41.3 Å². The van der Waals surface area contributed by atoms with E-state index in [9.17, 15) is 10.1 Å². The average molecular weight is 557 g/mol. The van der Waals surface area contributed by atoms with Crippen LogP contribution in [0, 0.1) is 22.7 Å². The fourth-order valence-corrected chi connectivity index (χ4v) is 4.41. The van der Waals surface area contributed by atoms with Crippen LogP contribution in [0.4, 0.5) is 0 Å². The van der Waals surface area contributed by atoms with Crippen molar-refractivity contribution in [3.8, 4) is 34.8 Å². The van der Waals surface area contributed by atoms with Gasteiger partial charge in [-0.05, 0) is 54.1 Å². The minimum Gasteiger partial charge on any atom is -0.457 e. The van der Waals surface area contributed by atoms with Gasteiger partial charge in [-0.15, -0.1) is 0 Å². The Morgan fingerprint density at radius 3 is 1.90 bits per heavy atom. The van der Waals surface area contributed by atoms with Crippen LogP contribution < -0.4 is 21.0 Å². The molecule has 1 aromatic heterocycles. The number of benzene rings is 2. The number of fused-ring (bicyclic) bond motifs is 2. The van der Waals surface area contributed by atoms with Crippen molar-refractivity contribution in [2.75, 3.05) is 52.9 Å². The maximum atomic E-state index is 13.0. The van der Waals surface area contributed by atoms with E-state index in [-0.39, 0.29) is 11.1 Å². The van der Waals surface area contributed by atoms with E-state index < -0.39 is 17.8 Å².